The first-order chi connectivity index (χ1) is 13.6. The van der Waals surface area contributed by atoms with Crippen LogP contribution in [0.5, 0.6) is 0 Å². The summed E-state index contributed by atoms with van der Waals surface area (Å²) in [6, 6.07) is 7.81. The van der Waals surface area contributed by atoms with Gasteiger partial charge in [-0.05, 0) is 43.7 Å². The molecule has 0 aromatic carbocycles. The Morgan fingerprint density at radius 3 is 2.79 bits per heavy atom. The molecule has 0 saturated carbocycles. The second-order valence-corrected chi connectivity index (χ2v) is 7.98. The van der Waals surface area contributed by atoms with Crippen LogP contribution in [-0.4, -0.2) is 38.7 Å². The number of aromatic nitrogens is 4. The van der Waals surface area contributed by atoms with Crippen LogP contribution < -0.4 is 10.2 Å². The van der Waals surface area contributed by atoms with Crippen molar-refractivity contribution in [3.8, 4) is 10.6 Å². The van der Waals surface area contributed by atoms with E-state index < -0.39 is 0 Å². The molecule has 0 spiro atoms. The highest BCUT2D eigenvalue weighted by atomic mass is 32.1. The van der Waals surface area contributed by atoms with E-state index in [9.17, 15) is 4.79 Å². The number of hydrogen-bond acceptors (Lipinski definition) is 6. The second kappa shape index (κ2) is 8.10. The maximum Gasteiger partial charge on any atom is 0.269 e. The van der Waals surface area contributed by atoms with Crippen molar-refractivity contribution in [2.24, 2.45) is 7.05 Å². The van der Waals surface area contributed by atoms with Gasteiger partial charge in [-0.3, -0.25) is 9.48 Å². The van der Waals surface area contributed by atoms with Crippen LogP contribution in [0.25, 0.3) is 10.6 Å². The molecule has 0 unspecified atom stereocenters. The molecule has 146 valence electrons. The lowest BCUT2D eigenvalue weighted by Crippen LogP contribution is -2.31. The highest BCUT2D eigenvalue weighted by molar-refractivity contribution is 7.13. The molecule has 0 atom stereocenters. The lowest BCUT2D eigenvalue weighted by molar-refractivity contribution is 0.0940. The highest BCUT2D eigenvalue weighted by Gasteiger charge is 2.17. The Labute approximate surface area is 168 Å². The zero-order valence-corrected chi connectivity index (χ0v) is 17.0. The van der Waals surface area contributed by atoms with E-state index in [-0.39, 0.29) is 5.91 Å². The maximum atomic E-state index is 12.7. The van der Waals surface area contributed by atoms with Crippen molar-refractivity contribution in [2.75, 3.05) is 18.0 Å². The van der Waals surface area contributed by atoms with Gasteiger partial charge in [0.1, 0.15) is 23.0 Å². The molecule has 3 aromatic heterocycles. The van der Waals surface area contributed by atoms with Crippen LogP contribution in [0.1, 0.15) is 41.3 Å². The third-order valence-corrected chi connectivity index (χ3v) is 5.75. The average molecular weight is 397 g/mol. The second-order valence-electron chi connectivity index (χ2n) is 7.03. The Hall–Kier alpha value is -2.74. The van der Waals surface area contributed by atoms with Gasteiger partial charge in [0.2, 0.25) is 0 Å². The summed E-state index contributed by atoms with van der Waals surface area (Å²) in [5.41, 5.74) is 2.24. The Morgan fingerprint density at radius 1 is 1.21 bits per heavy atom. The van der Waals surface area contributed by atoms with Crippen molar-refractivity contribution in [3.05, 3.63) is 46.9 Å². The predicted molar refractivity (Wildman–Crippen MR) is 111 cm³/mol. The molecule has 4 rings (SSSR count). The molecule has 0 aliphatic carbocycles. The molecular weight excluding hydrogens is 372 g/mol. The van der Waals surface area contributed by atoms with Crippen molar-refractivity contribution in [2.45, 2.75) is 32.7 Å². The first-order valence-electron chi connectivity index (χ1n) is 9.56. The number of thiophene rings is 1. The predicted octanol–water partition coefficient (Wildman–Crippen LogP) is 3.17. The quantitative estimate of drug-likeness (QED) is 0.717. The van der Waals surface area contributed by atoms with Gasteiger partial charge < -0.3 is 10.2 Å². The van der Waals surface area contributed by atoms with E-state index in [1.165, 1.54) is 19.3 Å². The van der Waals surface area contributed by atoms with E-state index in [2.05, 4.69) is 25.3 Å². The van der Waals surface area contributed by atoms with E-state index in [1.807, 2.05) is 36.6 Å². The molecule has 3 aromatic rings. The minimum Gasteiger partial charge on any atom is -0.357 e. The number of aryl methyl sites for hydroxylation is 2. The molecule has 1 N–H and O–H groups in total. The standard InChI is InChI=1S/C20H24N6OS/c1-14-11-19(26-8-4-3-5-9-26)23-18(22-14)13-21-20(27)16-12-15(24-25(16)2)17-7-6-10-28-17/h6-7,10-12H,3-5,8-9,13H2,1-2H3,(H,21,27). The summed E-state index contributed by atoms with van der Waals surface area (Å²) in [5, 5.41) is 9.38. The third-order valence-electron chi connectivity index (χ3n) is 4.86. The van der Waals surface area contributed by atoms with Gasteiger partial charge >= 0.3 is 0 Å². The van der Waals surface area contributed by atoms with Crippen LogP contribution in [0.15, 0.2) is 29.6 Å². The van der Waals surface area contributed by atoms with E-state index in [4.69, 9.17) is 0 Å². The van der Waals surface area contributed by atoms with Crippen LogP contribution in [0, 0.1) is 6.92 Å². The summed E-state index contributed by atoms with van der Waals surface area (Å²) in [6.07, 6.45) is 3.67. The summed E-state index contributed by atoms with van der Waals surface area (Å²) in [7, 11) is 1.78. The molecule has 0 radical (unpaired) electrons. The molecule has 1 fully saturated rings. The van der Waals surface area contributed by atoms with Crippen LogP contribution in [0.4, 0.5) is 5.82 Å². The number of carbonyl (C=O) groups excluding carboxylic acids is 1. The molecule has 7 nitrogen and oxygen atoms in total. The van der Waals surface area contributed by atoms with Crippen LogP contribution in [-0.2, 0) is 13.6 Å². The van der Waals surface area contributed by atoms with Gasteiger partial charge in [0.25, 0.3) is 5.91 Å². The van der Waals surface area contributed by atoms with Crippen molar-refractivity contribution < 1.29 is 4.79 Å². The molecule has 4 heterocycles. The van der Waals surface area contributed by atoms with E-state index in [0.29, 0.717) is 18.1 Å². The van der Waals surface area contributed by atoms with Gasteiger partial charge in [-0.2, -0.15) is 5.10 Å². The number of nitrogens with zero attached hydrogens (tertiary/aromatic N) is 5. The number of carbonyl (C=O) groups is 1. The Morgan fingerprint density at radius 2 is 2.04 bits per heavy atom. The summed E-state index contributed by atoms with van der Waals surface area (Å²) in [4.78, 5) is 25.2. The zero-order valence-electron chi connectivity index (χ0n) is 16.2. The SMILES string of the molecule is Cc1cc(N2CCCCC2)nc(CNC(=O)c2cc(-c3cccs3)nn2C)n1. The van der Waals surface area contributed by atoms with E-state index >= 15 is 0 Å². The minimum absolute atomic E-state index is 0.178. The van der Waals surface area contributed by atoms with Gasteiger partial charge in [-0.1, -0.05) is 6.07 Å². The Kier molecular flexibility index (Phi) is 5.38. The normalized spacial score (nSPS) is 14.3. The molecular formula is C20H24N6OS. The fourth-order valence-electron chi connectivity index (χ4n) is 3.45. The van der Waals surface area contributed by atoms with Gasteiger partial charge in [0, 0.05) is 31.9 Å². The maximum absolute atomic E-state index is 12.7. The van der Waals surface area contributed by atoms with E-state index in [0.717, 1.165) is 35.2 Å². The molecule has 28 heavy (non-hydrogen) atoms. The zero-order chi connectivity index (χ0) is 19.5. The van der Waals surface area contributed by atoms with E-state index in [1.54, 1.807) is 23.1 Å². The minimum atomic E-state index is -0.178. The smallest absolute Gasteiger partial charge is 0.269 e. The lowest BCUT2D eigenvalue weighted by Gasteiger charge is -2.28. The number of amides is 1. The molecule has 8 heteroatoms. The van der Waals surface area contributed by atoms with Crippen molar-refractivity contribution >= 4 is 23.1 Å². The first-order valence-corrected chi connectivity index (χ1v) is 10.4. The molecule has 1 saturated heterocycles. The fraction of sp³-hybridized carbons (Fsp3) is 0.400. The van der Waals surface area contributed by atoms with Crippen LogP contribution in [0.3, 0.4) is 0 Å². The molecule has 1 aliphatic rings. The summed E-state index contributed by atoms with van der Waals surface area (Å²) in [5.74, 6) is 1.41. The number of nitrogens with one attached hydrogen (secondary N) is 1. The topological polar surface area (TPSA) is 75.9 Å². The highest BCUT2D eigenvalue weighted by Crippen LogP contribution is 2.24. The fourth-order valence-corrected chi connectivity index (χ4v) is 4.13. The lowest BCUT2D eigenvalue weighted by atomic mass is 10.1. The number of anilines is 1. The Balaban J connectivity index is 1.46. The number of hydrogen-bond donors (Lipinski definition) is 1. The molecule has 1 amide bonds. The average Bonchev–Trinajstić information content (AvgIpc) is 3.36. The monoisotopic (exact) mass is 396 g/mol. The largest absolute Gasteiger partial charge is 0.357 e. The molecule has 1 aliphatic heterocycles. The van der Waals surface area contributed by atoms with Gasteiger partial charge in [0.15, 0.2) is 0 Å². The number of piperidine rings is 1. The third kappa shape index (κ3) is 4.06. The summed E-state index contributed by atoms with van der Waals surface area (Å²) < 4.78 is 1.61. The van der Waals surface area contributed by atoms with Crippen molar-refractivity contribution in [1.82, 2.24) is 25.1 Å². The summed E-state index contributed by atoms with van der Waals surface area (Å²) >= 11 is 1.60. The van der Waals surface area contributed by atoms with Gasteiger partial charge in [0.05, 0.1) is 11.4 Å². The van der Waals surface area contributed by atoms with Gasteiger partial charge in [-0.25, -0.2) is 9.97 Å². The summed E-state index contributed by atoms with van der Waals surface area (Å²) in [6.45, 7) is 4.32. The van der Waals surface area contributed by atoms with Crippen molar-refractivity contribution in [3.63, 3.8) is 0 Å². The Bertz CT molecular complexity index is 959. The number of rotatable bonds is 5. The molecule has 0 bridgehead atoms. The van der Waals surface area contributed by atoms with Crippen LogP contribution in [0.2, 0.25) is 0 Å². The first kappa shape index (κ1) is 18.6. The van der Waals surface area contributed by atoms with Crippen LogP contribution >= 0.6 is 11.3 Å². The van der Waals surface area contributed by atoms with Gasteiger partial charge in [-0.15, -0.1) is 11.3 Å². The van der Waals surface area contributed by atoms with Crippen molar-refractivity contribution in [1.29, 1.82) is 0 Å².